The van der Waals surface area contributed by atoms with E-state index >= 15 is 0 Å². The molecule has 66 valence electrons. The van der Waals surface area contributed by atoms with E-state index in [1.165, 1.54) is 11.3 Å². The number of hydrogen-bond donors (Lipinski definition) is 1. The van der Waals surface area contributed by atoms with Crippen molar-refractivity contribution in [2.75, 3.05) is 11.0 Å². The Morgan fingerprint density at radius 3 is 2.92 bits per heavy atom. The number of rotatable bonds is 3. The van der Waals surface area contributed by atoms with E-state index in [4.69, 9.17) is 0 Å². The van der Waals surface area contributed by atoms with Gasteiger partial charge in [0.15, 0.2) is 0 Å². The van der Waals surface area contributed by atoms with Crippen molar-refractivity contribution in [3.05, 3.63) is 20.8 Å². The Morgan fingerprint density at radius 1 is 1.67 bits per heavy atom. The zero-order valence-electron chi connectivity index (χ0n) is 6.14. The summed E-state index contributed by atoms with van der Waals surface area (Å²) in [6.07, 6.45) is 0. The van der Waals surface area contributed by atoms with Crippen LogP contribution in [0.3, 0.4) is 0 Å². The van der Waals surface area contributed by atoms with Gasteiger partial charge in [-0.05, 0) is 28.1 Å². The predicted octanol–water partition coefficient (Wildman–Crippen LogP) is 2.68. The molecule has 1 rings (SSSR count). The predicted molar refractivity (Wildman–Crippen MR) is 63.2 cm³/mol. The van der Waals surface area contributed by atoms with E-state index in [-0.39, 0.29) is 5.91 Å². The van der Waals surface area contributed by atoms with Gasteiger partial charge in [-0.3, -0.25) is 4.79 Å². The fourth-order valence-corrected chi connectivity index (χ4v) is 2.26. The maximum Gasteiger partial charge on any atom is 0.261 e. The van der Waals surface area contributed by atoms with Crippen molar-refractivity contribution in [1.29, 1.82) is 0 Å². The van der Waals surface area contributed by atoms with Crippen LogP contribution in [0.5, 0.6) is 0 Å². The maximum atomic E-state index is 11.3. The summed E-state index contributed by atoms with van der Waals surface area (Å²) in [5, 5.41) is 2.81. The second-order valence-electron chi connectivity index (χ2n) is 2.05. The molecule has 0 saturated carbocycles. The molecule has 0 bridgehead atoms. The van der Waals surface area contributed by atoms with Crippen LogP contribution >= 0.6 is 49.9 Å². The van der Waals surface area contributed by atoms with Gasteiger partial charge in [-0.1, -0.05) is 22.6 Å². The molecule has 0 aromatic carbocycles. The third kappa shape index (κ3) is 3.02. The molecule has 0 atom stereocenters. The summed E-state index contributed by atoms with van der Waals surface area (Å²) in [4.78, 5) is 12.0. The summed E-state index contributed by atoms with van der Waals surface area (Å²) < 4.78 is 1.93. The summed E-state index contributed by atoms with van der Waals surface area (Å²) in [5.74, 6) is 0.0161. The molecule has 0 fully saturated rings. The van der Waals surface area contributed by atoms with Gasteiger partial charge in [0, 0.05) is 11.0 Å². The van der Waals surface area contributed by atoms with E-state index < -0.39 is 0 Å². The van der Waals surface area contributed by atoms with E-state index in [1.54, 1.807) is 0 Å². The molecule has 0 unspecified atom stereocenters. The highest BCUT2D eigenvalue weighted by atomic mass is 127. The lowest BCUT2D eigenvalue weighted by molar-refractivity contribution is 0.0960. The van der Waals surface area contributed by atoms with Crippen LogP contribution in [0.25, 0.3) is 0 Å². The normalized spacial score (nSPS) is 9.83. The van der Waals surface area contributed by atoms with Crippen LogP contribution in [0.1, 0.15) is 9.67 Å². The van der Waals surface area contributed by atoms with E-state index in [2.05, 4.69) is 43.8 Å². The smallest absolute Gasteiger partial charge is 0.261 e. The van der Waals surface area contributed by atoms with E-state index in [0.29, 0.717) is 0 Å². The first-order valence-corrected chi connectivity index (χ1v) is 6.47. The number of carbonyl (C=O) groups excluding carboxylic acids is 1. The third-order valence-corrected chi connectivity index (χ3v) is 3.34. The average molecular weight is 360 g/mol. The van der Waals surface area contributed by atoms with Gasteiger partial charge in [-0.25, -0.2) is 0 Å². The van der Waals surface area contributed by atoms with Crippen LogP contribution in [-0.2, 0) is 0 Å². The molecule has 0 aliphatic rings. The van der Waals surface area contributed by atoms with Crippen LogP contribution in [0, 0.1) is 0 Å². The zero-order chi connectivity index (χ0) is 8.97. The Balaban J connectivity index is 2.53. The SMILES string of the molecule is O=C(NCCI)c1ccc(Br)s1. The van der Waals surface area contributed by atoms with Gasteiger partial charge in [0.25, 0.3) is 5.91 Å². The van der Waals surface area contributed by atoms with Gasteiger partial charge < -0.3 is 5.32 Å². The molecule has 5 heteroatoms. The largest absolute Gasteiger partial charge is 0.351 e. The molecule has 1 N–H and O–H groups in total. The molecule has 0 aliphatic heterocycles. The van der Waals surface area contributed by atoms with Crippen molar-refractivity contribution < 1.29 is 4.79 Å². The molecular weight excluding hydrogens is 353 g/mol. The lowest BCUT2D eigenvalue weighted by Crippen LogP contribution is -2.24. The molecule has 1 aromatic heterocycles. The summed E-state index contributed by atoms with van der Waals surface area (Å²) in [6.45, 7) is 0.731. The van der Waals surface area contributed by atoms with Crippen LogP contribution in [-0.4, -0.2) is 16.9 Å². The molecule has 12 heavy (non-hydrogen) atoms. The summed E-state index contributed by atoms with van der Waals surface area (Å²) in [6, 6.07) is 3.70. The number of nitrogens with one attached hydrogen (secondary N) is 1. The summed E-state index contributed by atoms with van der Waals surface area (Å²) >= 11 is 6.98. The quantitative estimate of drug-likeness (QED) is 0.652. The first-order chi connectivity index (χ1) is 5.74. The monoisotopic (exact) mass is 359 g/mol. The number of halogens is 2. The molecule has 1 amide bonds. The second kappa shape index (κ2) is 5.18. The number of thiophene rings is 1. The van der Waals surface area contributed by atoms with Gasteiger partial charge in [-0.15, -0.1) is 11.3 Å². The van der Waals surface area contributed by atoms with Gasteiger partial charge >= 0.3 is 0 Å². The minimum Gasteiger partial charge on any atom is -0.351 e. The first-order valence-electron chi connectivity index (χ1n) is 3.33. The highest BCUT2D eigenvalue weighted by Crippen LogP contribution is 2.21. The van der Waals surface area contributed by atoms with Gasteiger partial charge in [0.1, 0.15) is 0 Å². The van der Waals surface area contributed by atoms with Gasteiger partial charge in [0.2, 0.25) is 0 Å². The van der Waals surface area contributed by atoms with Crippen molar-refractivity contribution in [3.8, 4) is 0 Å². The van der Waals surface area contributed by atoms with Crippen LogP contribution < -0.4 is 5.32 Å². The highest BCUT2D eigenvalue weighted by Gasteiger charge is 2.06. The van der Waals surface area contributed by atoms with Gasteiger partial charge in [0.05, 0.1) is 8.66 Å². The lowest BCUT2D eigenvalue weighted by Gasteiger charge is -1.98. The molecular formula is C7H7BrINOS. The summed E-state index contributed by atoms with van der Waals surface area (Å²) in [7, 11) is 0. The van der Waals surface area contributed by atoms with Crippen molar-refractivity contribution in [3.63, 3.8) is 0 Å². The molecule has 0 radical (unpaired) electrons. The Hall–Kier alpha value is 0.380. The molecule has 2 nitrogen and oxygen atoms in total. The molecule has 1 aromatic rings. The Morgan fingerprint density at radius 2 is 2.42 bits per heavy atom. The maximum absolute atomic E-state index is 11.3. The van der Waals surface area contributed by atoms with Crippen molar-refractivity contribution in [2.45, 2.75) is 0 Å². The second-order valence-corrected chi connectivity index (χ2v) is 5.59. The van der Waals surface area contributed by atoms with Crippen LogP contribution in [0.15, 0.2) is 15.9 Å². The Bertz CT molecular complexity index is 276. The average Bonchev–Trinajstić information content (AvgIpc) is 2.47. The minimum absolute atomic E-state index is 0.0161. The van der Waals surface area contributed by atoms with Crippen LogP contribution in [0.2, 0.25) is 0 Å². The number of carbonyl (C=O) groups is 1. The third-order valence-electron chi connectivity index (χ3n) is 1.18. The van der Waals surface area contributed by atoms with Gasteiger partial charge in [-0.2, -0.15) is 0 Å². The topological polar surface area (TPSA) is 29.1 Å². The Labute approximate surface area is 97.0 Å². The highest BCUT2D eigenvalue weighted by molar-refractivity contribution is 14.1. The molecule has 0 spiro atoms. The van der Waals surface area contributed by atoms with E-state index in [0.717, 1.165) is 19.6 Å². The number of alkyl halides is 1. The van der Waals surface area contributed by atoms with E-state index in [9.17, 15) is 4.79 Å². The summed E-state index contributed by atoms with van der Waals surface area (Å²) in [5.41, 5.74) is 0. The number of hydrogen-bond acceptors (Lipinski definition) is 2. The van der Waals surface area contributed by atoms with Crippen molar-refractivity contribution in [2.24, 2.45) is 0 Å². The fourth-order valence-electron chi connectivity index (χ4n) is 0.684. The Kier molecular flexibility index (Phi) is 4.52. The minimum atomic E-state index is 0.0161. The van der Waals surface area contributed by atoms with Crippen LogP contribution in [0.4, 0.5) is 0 Å². The zero-order valence-corrected chi connectivity index (χ0v) is 10.7. The number of amides is 1. The first kappa shape index (κ1) is 10.5. The lowest BCUT2D eigenvalue weighted by atomic mass is 10.4. The van der Waals surface area contributed by atoms with E-state index in [1.807, 2.05) is 12.1 Å². The van der Waals surface area contributed by atoms with Crippen molar-refractivity contribution >= 4 is 55.8 Å². The fraction of sp³-hybridized carbons (Fsp3) is 0.286. The standard InChI is InChI=1S/C7H7BrINOS/c8-6-2-1-5(12-6)7(11)10-4-3-9/h1-2H,3-4H2,(H,10,11). The molecule has 0 saturated heterocycles. The molecule has 1 heterocycles. The molecule has 0 aliphatic carbocycles. The van der Waals surface area contributed by atoms with Crippen molar-refractivity contribution in [1.82, 2.24) is 5.32 Å².